The fraction of sp³-hybridized carbons (Fsp3) is 0.682. The highest BCUT2D eigenvalue weighted by Crippen LogP contribution is 2.34. The molecule has 6 heteroatoms. The van der Waals surface area contributed by atoms with E-state index in [-0.39, 0.29) is 24.0 Å². The van der Waals surface area contributed by atoms with Crippen molar-refractivity contribution in [3.8, 4) is 0 Å². The Hall–Kier alpha value is -0.860. The number of benzene rings is 1. The fourth-order valence-electron chi connectivity index (χ4n) is 4.67. The second-order valence-corrected chi connectivity index (χ2v) is 8.16. The first-order valence-electron chi connectivity index (χ1n) is 10.8. The highest BCUT2D eigenvalue weighted by molar-refractivity contribution is 14.0. The molecule has 3 fully saturated rings. The van der Waals surface area contributed by atoms with Gasteiger partial charge in [-0.05, 0) is 63.2 Å². The molecule has 0 aliphatic carbocycles. The third-order valence-electron chi connectivity index (χ3n) is 6.14. The van der Waals surface area contributed by atoms with Crippen molar-refractivity contribution in [3.05, 3.63) is 35.4 Å². The number of hydrogen-bond acceptors (Lipinski definition) is 3. The number of rotatable bonds is 6. The first-order valence-corrected chi connectivity index (χ1v) is 10.8. The molecule has 4 rings (SSSR count). The number of aliphatic imine (C=N–C) groups is 1. The maximum absolute atomic E-state index is 5.98. The maximum atomic E-state index is 5.98. The van der Waals surface area contributed by atoms with Crippen LogP contribution in [0.1, 0.15) is 56.6 Å². The predicted molar refractivity (Wildman–Crippen MR) is 125 cm³/mol. The Labute approximate surface area is 186 Å². The summed E-state index contributed by atoms with van der Waals surface area (Å²) >= 11 is 0. The molecular formula is C22H35IN4O. The molecule has 0 radical (unpaired) electrons. The number of halogens is 1. The van der Waals surface area contributed by atoms with Gasteiger partial charge < -0.3 is 15.4 Å². The number of nitrogens with zero attached hydrogens (tertiary/aromatic N) is 2. The van der Waals surface area contributed by atoms with Gasteiger partial charge in [-0.1, -0.05) is 30.7 Å². The molecule has 0 saturated carbocycles. The van der Waals surface area contributed by atoms with Crippen molar-refractivity contribution in [1.82, 2.24) is 15.5 Å². The van der Waals surface area contributed by atoms with Crippen molar-refractivity contribution in [1.29, 1.82) is 0 Å². The topological polar surface area (TPSA) is 48.9 Å². The van der Waals surface area contributed by atoms with E-state index in [1.807, 2.05) is 0 Å². The second kappa shape index (κ2) is 10.8. The van der Waals surface area contributed by atoms with E-state index in [0.29, 0.717) is 18.2 Å². The van der Waals surface area contributed by atoms with Gasteiger partial charge in [0.25, 0.3) is 0 Å². The van der Waals surface area contributed by atoms with Crippen LogP contribution < -0.4 is 10.6 Å². The standard InChI is InChI=1S/C22H34N4O.HI/c1-2-23-22(25-20-14-19-10-11-21(20)27-19)24-15-17-8-4-5-9-18(17)16-26-12-6-3-7-13-26;/h4-5,8-9,19-21H,2-3,6-7,10-16H2,1H3,(H2,23,24,25);1H. The van der Waals surface area contributed by atoms with Crippen molar-refractivity contribution < 1.29 is 4.74 Å². The number of piperidine rings is 1. The van der Waals surface area contributed by atoms with E-state index in [0.717, 1.165) is 32.0 Å². The minimum atomic E-state index is 0. The summed E-state index contributed by atoms with van der Waals surface area (Å²) in [6.07, 6.45) is 8.39. The summed E-state index contributed by atoms with van der Waals surface area (Å²) in [5, 5.41) is 7.04. The summed E-state index contributed by atoms with van der Waals surface area (Å²) in [5.74, 6) is 0.923. The zero-order chi connectivity index (χ0) is 18.5. The second-order valence-electron chi connectivity index (χ2n) is 8.16. The monoisotopic (exact) mass is 498 g/mol. The molecule has 3 atom stereocenters. The van der Waals surface area contributed by atoms with Crippen LogP contribution in [0.25, 0.3) is 0 Å². The van der Waals surface area contributed by atoms with Crippen LogP contribution in [0.3, 0.4) is 0 Å². The summed E-state index contributed by atoms with van der Waals surface area (Å²) in [6, 6.07) is 9.19. The number of guanidine groups is 1. The van der Waals surface area contributed by atoms with E-state index in [1.54, 1.807) is 0 Å². The molecule has 2 N–H and O–H groups in total. The zero-order valence-corrected chi connectivity index (χ0v) is 19.4. The average molecular weight is 498 g/mol. The highest BCUT2D eigenvalue weighted by atomic mass is 127. The van der Waals surface area contributed by atoms with E-state index in [1.165, 1.54) is 56.3 Å². The van der Waals surface area contributed by atoms with Crippen LogP contribution >= 0.6 is 24.0 Å². The zero-order valence-electron chi connectivity index (χ0n) is 17.0. The van der Waals surface area contributed by atoms with E-state index in [2.05, 4.69) is 46.7 Å². The Morgan fingerprint density at radius 1 is 1.14 bits per heavy atom. The summed E-state index contributed by atoms with van der Waals surface area (Å²) in [5.41, 5.74) is 2.76. The molecule has 1 aromatic carbocycles. The number of fused-ring (bicyclic) bond motifs is 2. The SMILES string of the molecule is CCNC(=NCc1ccccc1CN1CCCCC1)NC1CC2CCC1O2.I. The molecule has 3 aliphatic rings. The van der Waals surface area contributed by atoms with Gasteiger partial charge in [0.15, 0.2) is 5.96 Å². The van der Waals surface area contributed by atoms with Gasteiger partial charge in [-0.25, -0.2) is 4.99 Å². The Kier molecular flexibility index (Phi) is 8.41. The minimum absolute atomic E-state index is 0. The predicted octanol–water partition coefficient (Wildman–Crippen LogP) is 3.67. The Morgan fingerprint density at radius 2 is 1.93 bits per heavy atom. The average Bonchev–Trinajstić information content (AvgIpc) is 3.31. The summed E-state index contributed by atoms with van der Waals surface area (Å²) < 4.78 is 5.98. The Bertz CT molecular complexity index is 647. The van der Waals surface area contributed by atoms with Gasteiger partial charge in [-0.15, -0.1) is 24.0 Å². The number of nitrogens with one attached hydrogen (secondary N) is 2. The molecule has 3 unspecified atom stereocenters. The van der Waals surface area contributed by atoms with Crippen molar-refractivity contribution >= 4 is 29.9 Å². The largest absolute Gasteiger partial charge is 0.373 e. The minimum Gasteiger partial charge on any atom is -0.373 e. The van der Waals surface area contributed by atoms with Crippen molar-refractivity contribution in [3.63, 3.8) is 0 Å². The molecule has 2 bridgehead atoms. The van der Waals surface area contributed by atoms with Crippen LogP contribution in [0.2, 0.25) is 0 Å². The molecule has 0 spiro atoms. The van der Waals surface area contributed by atoms with Crippen LogP contribution in [-0.4, -0.2) is 48.7 Å². The smallest absolute Gasteiger partial charge is 0.191 e. The first-order chi connectivity index (χ1) is 13.3. The number of hydrogen-bond donors (Lipinski definition) is 2. The van der Waals surface area contributed by atoms with Gasteiger partial charge >= 0.3 is 0 Å². The summed E-state index contributed by atoms with van der Waals surface area (Å²) in [4.78, 5) is 7.49. The lowest BCUT2D eigenvalue weighted by Gasteiger charge is -2.27. The molecule has 0 amide bonds. The quantitative estimate of drug-likeness (QED) is 0.357. The van der Waals surface area contributed by atoms with Gasteiger partial charge in [0.05, 0.1) is 24.8 Å². The lowest BCUT2D eigenvalue weighted by molar-refractivity contribution is 0.0992. The normalized spacial score (nSPS) is 27.5. The molecule has 3 aliphatic heterocycles. The molecule has 1 aromatic rings. The van der Waals surface area contributed by atoms with Crippen LogP contribution in [0.5, 0.6) is 0 Å². The van der Waals surface area contributed by atoms with Crippen molar-refractivity contribution in [2.24, 2.45) is 4.99 Å². The third-order valence-corrected chi connectivity index (χ3v) is 6.14. The van der Waals surface area contributed by atoms with E-state index in [9.17, 15) is 0 Å². The molecule has 3 saturated heterocycles. The molecule has 5 nitrogen and oxygen atoms in total. The van der Waals surface area contributed by atoms with Crippen LogP contribution in [0.15, 0.2) is 29.3 Å². The van der Waals surface area contributed by atoms with Gasteiger partial charge in [-0.3, -0.25) is 4.90 Å². The lowest BCUT2D eigenvalue weighted by atomic mass is 9.96. The van der Waals surface area contributed by atoms with E-state index >= 15 is 0 Å². The van der Waals surface area contributed by atoms with Crippen LogP contribution in [-0.2, 0) is 17.8 Å². The number of ether oxygens (including phenoxy) is 1. The van der Waals surface area contributed by atoms with Gasteiger partial charge in [0.2, 0.25) is 0 Å². The Morgan fingerprint density at radius 3 is 2.61 bits per heavy atom. The molecular weight excluding hydrogens is 463 g/mol. The third kappa shape index (κ3) is 5.60. The van der Waals surface area contributed by atoms with Gasteiger partial charge in [0.1, 0.15) is 0 Å². The molecule has 0 aromatic heterocycles. The van der Waals surface area contributed by atoms with Gasteiger partial charge in [0, 0.05) is 13.1 Å². The van der Waals surface area contributed by atoms with E-state index in [4.69, 9.17) is 9.73 Å². The van der Waals surface area contributed by atoms with Crippen LogP contribution in [0, 0.1) is 0 Å². The lowest BCUT2D eigenvalue weighted by Crippen LogP contribution is -2.47. The van der Waals surface area contributed by atoms with Gasteiger partial charge in [-0.2, -0.15) is 0 Å². The first kappa shape index (κ1) is 21.8. The maximum Gasteiger partial charge on any atom is 0.191 e. The van der Waals surface area contributed by atoms with Crippen LogP contribution in [0.4, 0.5) is 0 Å². The Balaban J connectivity index is 0.00000225. The summed E-state index contributed by atoms with van der Waals surface area (Å²) in [7, 11) is 0. The molecule has 28 heavy (non-hydrogen) atoms. The number of likely N-dealkylation sites (tertiary alicyclic amines) is 1. The van der Waals surface area contributed by atoms with Crippen molar-refractivity contribution in [2.75, 3.05) is 19.6 Å². The van der Waals surface area contributed by atoms with Crippen molar-refractivity contribution in [2.45, 2.75) is 76.8 Å². The fourth-order valence-corrected chi connectivity index (χ4v) is 4.67. The molecule has 156 valence electrons. The van der Waals surface area contributed by atoms with E-state index < -0.39 is 0 Å². The highest BCUT2D eigenvalue weighted by Gasteiger charge is 2.41. The summed E-state index contributed by atoms with van der Waals surface area (Å²) in [6.45, 7) is 7.23. The molecule has 3 heterocycles.